The van der Waals surface area contributed by atoms with Crippen LogP contribution in [0.3, 0.4) is 0 Å². The average Bonchev–Trinajstić information content (AvgIpc) is 2.62. The third-order valence-electron chi connectivity index (χ3n) is 4.81. The topological polar surface area (TPSA) is 40.5 Å². The molecule has 0 saturated carbocycles. The van der Waals surface area contributed by atoms with Crippen LogP contribution in [0.4, 0.5) is 0 Å². The minimum absolute atomic E-state index is 0.528. The van der Waals surface area contributed by atoms with Crippen LogP contribution >= 0.6 is 0 Å². The molecule has 1 atom stereocenters. The van der Waals surface area contributed by atoms with Crippen molar-refractivity contribution in [3.8, 4) is 0 Å². The lowest BCUT2D eigenvalue weighted by Gasteiger charge is -2.36. The summed E-state index contributed by atoms with van der Waals surface area (Å²) in [6.45, 7) is 5.71. The second kappa shape index (κ2) is 9.43. The third-order valence-corrected chi connectivity index (χ3v) is 4.81. The van der Waals surface area contributed by atoms with Gasteiger partial charge in [0, 0.05) is 0 Å². The highest BCUT2D eigenvalue weighted by Gasteiger charge is 2.31. The summed E-state index contributed by atoms with van der Waals surface area (Å²) in [5.41, 5.74) is 2.27. The minimum Gasteiger partial charge on any atom is -0.480 e. The van der Waals surface area contributed by atoms with Gasteiger partial charge >= 0.3 is 5.97 Å². The molecule has 1 aliphatic heterocycles. The number of rotatable bonds is 7. The van der Waals surface area contributed by atoms with E-state index in [-0.39, 0.29) is 0 Å². The van der Waals surface area contributed by atoms with Gasteiger partial charge in [0.05, 0.1) is 0 Å². The van der Waals surface area contributed by atoms with Gasteiger partial charge in [-0.05, 0) is 56.3 Å². The summed E-state index contributed by atoms with van der Waals surface area (Å²) in [7, 11) is 0. The Bertz CT molecular complexity index is 569. The number of carbonyl (C=O) groups is 1. The van der Waals surface area contributed by atoms with E-state index in [1.807, 2.05) is 25.1 Å². The summed E-state index contributed by atoms with van der Waals surface area (Å²) in [4.78, 5) is 14.0. The quantitative estimate of drug-likeness (QED) is 0.743. The molecular formula is C21H29NO2. The van der Waals surface area contributed by atoms with Crippen LogP contribution in [-0.2, 0) is 4.79 Å². The highest BCUT2D eigenvalue weighted by molar-refractivity contribution is 5.78. The molecule has 1 heterocycles. The van der Waals surface area contributed by atoms with Crippen LogP contribution in [-0.4, -0.2) is 35.1 Å². The molecular weight excluding hydrogens is 298 g/mol. The number of unbranched alkanes of at least 4 members (excludes halogenated alkanes) is 1. The molecule has 2 rings (SSSR count). The Morgan fingerprint density at radius 2 is 1.96 bits per heavy atom. The van der Waals surface area contributed by atoms with Crippen molar-refractivity contribution in [2.75, 3.05) is 13.1 Å². The lowest BCUT2D eigenvalue weighted by molar-refractivity contribution is -0.142. The third kappa shape index (κ3) is 4.81. The van der Waals surface area contributed by atoms with E-state index in [1.54, 1.807) is 0 Å². The molecule has 3 nitrogen and oxygen atoms in total. The molecule has 24 heavy (non-hydrogen) atoms. The lowest BCUT2D eigenvalue weighted by atomic mass is 9.88. The zero-order valence-electron chi connectivity index (χ0n) is 14.8. The second-order valence-corrected chi connectivity index (χ2v) is 6.44. The normalized spacial score (nSPS) is 18.8. The first kappa shape index (κ1) is 18.5. The van der Waals surface area contributed by atoms with Crippen molar-refractivity contribution in [2.45, 2.75) is 51.5 Å². The number of piperidine rings is 1. The number of hydrogen-bond acceptors (Lipinski definition) is 2. The maximum Gasteiger partial charge on any atom is 0.325 e. The molecule has 130 valence electrons. The van der Waals surface area contributed by atoms with E-state index < -0.39 is 12.0 Å². The van der Waals surface area contributed by atoms with Crippen molar-refractivity contribution in [1.82, 2.24) is 4.90 Å². The zero-order valence-corrected chi connectivity index (χ0v) is 14.8. The van der Waals surface area contributed by atoms with Crippen LogP contribution in [0.2, 0.25) is 0 Å². The number of aliphatic carboxylic acids is 1. The molecule has 0 aromatic heterocycles. The molecule has 1 unspecified atom stereocenters. The van der Waals surface area contributed by atoms with Gasteiger partial charge in [0.15, 0.2) is 0 Å². The van der Waals surface area contributed by atoms with E-state index in [4.69, 9.17) is 0 Å². The van der Waals surface area contributed by atoms with Crippen LogP contribution < -0.4 is 0 Å². The van der Waals surface area contributed by atoms with Crippen molar-refractivity contribution in [3.05, 3.63) is 59.7 Å². The van der Waals surface area contributed by atoms with E-state index in [2.05, 4.69) is 42.2 Å². The predicted octanol–water partition coefficient (Wildman–Crippen LogP) is 4.62. The van der Waals surface area contributed by atoms with Crippen LogP contribution in [0, 0.1) is 0 Å². The molecule has 1 fully saturated rings. The number of benzene rings is 1. The van der Waals surface area contributed by atoms with Gasteiger partial charge in [0.25, 0.3) is 0 Å². The number of carboxylic acid groups (broad SMARTS) is 1. The number of nitrogens with zero attached hydrogens (tertiary/aromatic N) is 1. The van der Waals surface area contributed by atoms with E-state index in [9.17, 15) is 9.90 Å². The fourth-order valence-corrected chi connectivity index (χ4v) is 3.46. The maximum absolute atomic E-state index is 11.9. The lowest BCUT2D eigenvalue weighted by Crippen LogP contribution is -2.46. The SMILES string of the molecule is CC=C(C=CCCC)C(C(=O)O)N1CCC(c2ccccc2)CC1. The van der Waals surface area contributed by atoms with Crippen molar-refractivity contribution < 1.29 is 9.90 Å². The van der Waals surface area contributed by atoms with Crippen molar-refractivity contribution in [1.29, 1.82) is 0 Å². The van der Waals surface area contributed by atoms with E-state index in [0.29, 0.717) is 5.92 Å². The van der Waals surface area contributed by atoms with Crippen molar-refractivity contribution in [2.24, 2.45) is 0 Å². The van der Waals surface area contributed by atoms with Gasteiger partial charge in [-0.25, -0.2) is 0 Å². The van der Waals surface area contributed by atoms with E-state index >= 15 is 0 Å². The molecule has 0 aliphatic carbocycles. The first-order chi connectivity index (χ1) is 11.7. The Kier molecular flexibility index (Phi) is 7.26. The van der Waals surface area contributed by atoms with Gasteiger partial charge in [0.2, 0.25) is 0 Å². The Balaban J connectivity index is 2.04. The average molecular weight is 327 g/mol. The van der Waals surface area contributed by atoms with Gasteiger partial charge in [-0.15, -0.1) is 0 Å². The van der Waals surface area contributed by atoms with Gasteiger partial charge in [-0.3, -0.25) is 9.69 Å². The monoisotopic (exact) mass is 327 g/mol. The molecule has 1 aromatic carbocycles. The summed E-state index contributed by atoms with van der Waals surface area (Å²) in [6, 6.07) is 10.0. The fourth-order valence-electron chi connectivity index (χ4n) is 3.46. The van der Waals surface area contributed by atoms with Crippen molar-refractivity contribution in [3.63, 3.8) is 0 Å². The zero-order chi connectivity index (χ0) is 17.4. The highest BCUT2D eigenvalue weighted by atomic mass is 16.4. The molecule has 1 aliphatic rings. The summed E-state index contributed by atoms with van der Waals surface area (Å²) in [5, 5.41) is 9.75. The second-order valence-electron chi connectivity index (χ2n) is 6.44. The predicted molar refractivity (Wildman–Crippen MR) is 99.2 cm³/mol. The standard InChI is InChI=1S/C21H29NO2/c1-3-5-7-10-17(4-2)20(21(23)24)22-15-13-19(14-16-22)18-11-8-6-9-12-18/h4,6-12,19-20H,3,5,13-16H2,1-2H3,(H,23,24). The summed E-state index contributed by atoms with van der Waals surface area (Å²) < 4.78 is 0. The Morgan fingerprint density at radius 3 is 2.50 bits per heavy atom. The fraction of sp³-hybridized carbons (Fsp3) is 0.476. The van der Waals surface area contributed by atoms with E-state index in [0.717, 1.165) is 44.3 Å². The van der Waals surface area contributed by atoms with Gasteiger partial charge < -0.3 is 5.11 Å². The number of carboxylic acids is 1. The highest BCUT2D eigenvalue weighted by Crippen LogP contribution is 2.30. The summed E-state index contributed by atoms with van der Waals surface area (Å²) in [6.07, 6.45) is 10.1. The Morgan fingerprint density at radius 1 is 1.29 bits per heavy atom. The molecule has 0 amide bonds. The number of hydrogen-bond donors (Lipinski definition) is 1. The Labute approximate surface area is 145 Å². The smallest absolute Gasteiger partial charge is 0.325 e. The van der Waals surface area contributed by atoms with Gasteiger partial charge in [-0.2, -0.15) is 0 Å². The van der Waals surface area contributed by atoms with Gasteiger partial charge in [0.1, 0.15) is 6.04 Å². The summed E-state index contributed by atoms with van der Waals surface area (Å²) >= 11 is 0. The van der Waals surface area contributed by atoms with Crippen LogP contribution in [0.15, 0.2) is 54.1 Å². The van der Waals surface area contributed by atoms with Crippen LogP contribution in [0.1, 0.15) is 51.0 Å². The Hall–Kier alpha value is -1.87. The molecule has 1 aromatic rings. The van der Waals surface area contributed by atoms with E-state index in [1.165, 1.54) is 5.56 Å². The molecule has 0 spiro atoms. The first-order valence-corrected chi connectivity index (χ1v) is 9.01. The minimum atomic E-state index is -0.748. The molecule has 0 bridgehead atoms. The molecule has 3 heteroatoms. The largest absolute Gasteiger partial charge is 0.480 e. The maximum atomic E-state index is 11.9. The molecule has 1 N–H and O–H groups in total. The number of likely N-dealkylation sites (tertiary alicyclic amines) is 1. The van der Waals surface area contributed by atoms with Gasteiger partial charge in [-0.1, -0.05) is 61.9 Å². The number of allylic oxidation sites excluding steroid dienone is 2. The first-order valence-electron chi connectivity index (χ1n) is 9.01. The van der Waals surface area contributed by atoms with Crippen LogP contribution in [0.25, 0.3) is 0 Å². The molecule has 1 saturated heterocycles. The molecule has 0 radical (unpaired) electrons. The van der Waals surface area contributed by atoms with Crippen molar-refractivity contribution >= 4 is 5.97 Å². The van der Waals surface area contributed by atoms with Crippen LogP contribution in [0.5, 0.6) is 0 Å². The summed E-state index contributed by atoms with van der Waals surface area (Å²) in [5.74, 6) is -0.205.